The highest BCUT2D eigenvalue weighted by Gasteiger charge is 2.36. The third kappa shape index (κ3) is 4.22. The van der Waals surface area contributed by atoms with E-state index in [4.69, 9.17) is 11.5 Å². The minimum absolute atomic E-state index is 0.182. The molecule has 0 spiro atoms. The predicted octanol–water partition coefficient (Wildman–Crippen LogP) is 3.64. The molecule has 0 radical (unpaired) electrons. The summed E-state index contributed by atoms with van der Waals surface area (Å²) in [7, 11) is 0. The van der Waals surface area contributed by atoms with Gasteiger partial charge >= 0.3 is 0 Å². The zero-order chi connectivity index (χ0) is 24.6. The molecule has 1 aliphatic carbocycles. The van der Waals surface area contributed by atoms with E-state index in [1.807, 2.05) is 0 Å². The first-order valence-corrected chi connectivity index (χ1v) is 10.8. The molecule has 9 heteroatoms. The maximum atomic E-state index is 13.7. The Labute approximate surface area is 195 Å². The molecule has 1 atom stereocenters. The molecule has 7 nitrogen and oxygen atoms in total. The number of primary amides is 1. The Bertz CT molecular complexity index is 1260. The Balaban J connectivity index is 1.76. The van der Waals surface area contributed by atoms with Gasteiger partial charge in [-0.1, -0.05) is 6.07 Å². The SMILES string of the molecule is Cc1c(-c2ncccc2C(N)=O)ccc(N(C(=O)C(O)c2cc(F)cc(F)c2)C2CCC2)c1N. The van der Waals surface area contributed by atoms with Gasteiger partial charge in [-0.2, -0.15) is 0 Å². The number of anilines is 2. The second-order valence-electron chi connectivity index (χ2n) is 8.33. The van der Waals surface area contributed by atoms with Gasteiger partial charge in [0.05, 0.1) is 22.6 Å². The lowest BCUT2D eigenvalue weighted by Gasteiger charge is -2.39. The first kappa shape index (κ1) is 23.3. The Morgan fingerprint density at radius 1 is 1.15 bits per heavy atom. The summed E-state index contributed by atoms with van der Waals surface area (Å²) in [6.45, 7) is 1.73. The molecule has 0 bridgehead atoms. The maximum Gasteiger partial charge on any atom is 0.260 e. The van der Waals surface area contributed by atoms with Gasteiger partial charge in [0.1, 0.15) is 11.6 Å². The van der Waals surface area contributed by atoms with E-state index >= 15 is 0 Å². The summed E-state index contributed by atoms with van der Waals surface area (Å²) >= 11 is 0. The van der Waals surface area contributed by atoms with E-state index in [0.29, 0.717) is 41.4 Å². The number of aliphatic hydroxyl groups excluding tert-OH is 1. The Hall–Kier alpha value is -3.85. The first-order chi connectivity index (χ1) is 16.2. The van der Waals surface area contributed by atoms with E-state index in [2.05, 4.69) is 4.98 Å². The van der Waals surface area contributed by atoms with Crippen LogP contribution in [-0.2, 0) is 4.79 Å². The number of carbonyl (C=O) groups is 2. The van der Waals surface area contributed by atoms with E-state index in [0.717, 1.165) is 18.6 Å². The number of nitrogens with zero attached hydrogens (tertiary/aromatic N) is 2. The molecule has 0 saturated heterocycles. The normalized spacial score (nSPS) is 14.4. The van der Waals surface area contributed by atoms with Crippen molar-refractivity contribution in [3.63, 3.8) is 0 Å². The van der Waals surface area contributed by atoms with E-state index in [-0.39, 0.29) is 22.9 Å². The van der Waals surface area contributed by atoms with Crippen LogP contribution >= 0.6 is 0 Å². The van der Waals surface area contributed by atoms with Gasteiger partial charge in [0, 0.05) is 23.9 Å². The minimum atomic E-state index is -1.78. The molecule has 5 N–H and O–H groups in total. The van der Waals surface area contributed by atoms with E-state index in [1.165, 1.54) is 11.1 Å². The second kappa shape index (κ2) is 9.18. The quantitative estimate of drug-likeness (QED) is 0.479. The fraction of sp³-hybridized carbons (Fsp3) is 0.240. The number of halogens is 2. The lowest BCUT2D eigenvalue weighted by molar-refractivity contribution is -0.127. The van der Waals surface area contributed by atoms with E-state index in [9.17, 15) is 23.5 Å². The van der Waals surface area contributed by atoms with E-state index < -0.39 is 29.6 Å². The third-order valence-corrected chi connectivity index (χ3v) is 6.19. The van der Waals surface area contributed by atoms with Crippen molar-refractivity contribution >= 4 is 23.2 Å². The van der Waals surface area contributed by atoms with Crippen LogP contribution < -0.4 is 16.4 Å². The van der Waals surface area contributed by atoms with Crippen LogP contribution in [0.25, 0.3) is 11.3 Å². The standard InChI is InChI=1S/C25H24F2N4O3/c1-13-18(22-19(24(29)33)6-3-9-30-22)7-8-20(21(13)28)31(17-4-2-5-17)25(34)23(32)14-10-15(26)12-16(27)11-14/h3,6-12,17,23,32H,2,4-5,28H2,1H3,(H2,29,33). The van der Waals surface area contributed by atoms with Crippen molar-refractivity contribution in [1.82, 2.24) is 4.98 Å². The molecule has 34 heavy (non-hydrogen) atoms. The highest BCUT2D eigenvalue weighted by atomic mass is 19.1. The molecule has 1 heterocycles. The third-order valence-electron chi connectivity index (χ3n) is 6.19. The zero-order valence-electron chi connectivity index (χ0n) is 18.5. The fourth-order valence-electron chi connectivity index (χ4n) is 4.15. The maximum absolute atomic E-state index is 13.7. The lowest BCUT2D eigenvalue weighted by atomic mass is 9.89. The molecule has 1 unspecified atom stereocenters. The van der Waals surface area contributed by atoms with Gasteiger partial charge in [-0.3, -0.25) is 14.6 Å². The summed E-state index contributed by atoms with van der Waals surface area (Å²) in [4.78, 5) is 30.9. The number of hydrogen-bond acceptors (Lipinski definition) is 5. The molecule has 1 aliphatic rings. The number of rotatable bonds is 6. The largest absolute Gasteiger partial charge is 0.397 e. The molecule has 176 valence electrons. The summed E-state index contributed by atoms with van der Waals surface area (Å²) in [5.41, 5.74) is 14.1. The van der Waals surface area contributed by atoms with Crippen molar-refractivity contribution < 1.29 is 23.5 Å². The van der Waals surface area contributed by atoms with Gasteiger partial charge in [0.2, 0.25) is 0 Å². The number of aromatic nitrogens is 1. The molecule has 3 aromatic rings. The summed E-state index contributed by atoms with van der Waals surface area (Å²) in [5, 5.41) is 10.7. The molecule has 1 fully saturated rings. The molecule has 1 aromatic heterocycles. The molecular formula is C25H24F2N4O3. The summed E-state index contributed by atoms with van der Waals surface area (Å²) < 4.78 is 27.4. The van der Waals surface area contributed by atoms with Gasteiger partial charge in [-0.05, 0) is 67.6 Å². The van der Waals surface area contributed by atoms with Gasteiger partial charge in [-0.15, -0.1) is 0 Å². The van der Waals surface area contributed by atoms with Gasteiger partial charge in [-0.25, -0.2) is 8.78 Å². The van der Waals surface area contributed by atoms with Crippen LogP contribution in [0, 0.1) is 18.6 Å². The molecule has 0 aliphatic heterocycles. The Morgan fingerprint density at radius 2 is 1.82 bits per heavy atom. The topological polar surface area (TPSA) is 123 Å². The van der Waals surface area contributed by atoms with Crippen molar-refractivity contribution in [2.75, 3.05) is 10.6 Å². The van der Waals surface area contributed by atoms with Gasteiger partial charge < -0.3 is 21.5 Å². The second-order valence-corrected chi connectivity index (χ2v) is 8.33. The van der Waals surface area contributed by atoms with Gasteiger partial charge in [0.15, 0.2) is 6.10 Å². The number of benzene rings is 2. The Morgan fingerprint density at radius 3 is 2.41 bits per heavy atom. The number of carbonyl (C=O) groups excluding carboxylic acids is 2. The molecule has 4 rings (SSSR count). The number of nitrogens with two attached hydrogens (primary N) is 2. The predicted molar refractivity (Wildman–Crippen MR) is 124 cm³/mol. The number of amides is 2. The molecular weight excluding hydrogens is 442 g/mol. The summed E-state index contributed by atoms with van der Waals surface area (Å²) in [6.07, 6.45) is 2.04. The monoisotopic (exact) mass is 466 g/mol. The number of aliphatic hydroxyl groups is 1. The smallest absolute Gasteiger partial charge is 0.260 e. The number of nitrogen functional groups attached to an aromatic ring is 1. The average molecular weight is 466 g/mol. The highest BCUT2D eigenvalue weighted by molar-refractivity contribution is 6.03. The number of hydrogen-bond donors (Lipinski definition) is 3. The summed E-state index contributed by atoms with van der Waals surface area (Å²) in [5.74, 6) is -3.15. The van der Waals surface area contributed by atoms with Crippen molar-refractivity contribution in [1.29, 1.82) is 0 Å². The van der Waals surface area contributed by atoms with Crippen LogP contribution in [0.5, 0.6) is 0 Å². The number of pyridine rings is 1. The van der Waals surface area contributed by atoms with Crippen LogP contribution in [0.3, 0.4) is 0 Å². The first-order valence-electron chi connectivity index (χ1n) is 10.8. The van der Waals surface area contributed by atoms with Crippen molar-refractivity contribution in [2.24, 2.45) is 5.73 Å². The van der Waals surface area contributed by atoms with Crippen molar-refractivity contribution in [2.45, 2.75) is 38.3 Å². The van der Waals surface area contributed by atoms with E-state index in [1.54, 1.807) is 31.2 Å². The zero-order valence-corrected chi connectivity index (χ0v) is 18.5. The van der Waals surface area contributed by atoms with Crippen LogP contribution in [-0.4, -0.2) is 27.9 Å². The fourth-order valence-corrected chi connectivity index (χ4v) is 4.15. The highest BCUT2D eigenvalue weighted by Crippen LogP contribution is 2.40. The van der Waals surface area contributed by atoms with Gasteiger partial charge in [0.25, 0.3) is 11.8 Å². The summed E-state index contributed by atoms with van der Waals surface area (Å²) in [6, 6.07) is 8.77. The Kier molecular flexibility index (Phi) is 6.30. The minimum Gasteiger partial charge on any atom is -0.397 e. The van der Waals surface area contributed by atoms with Crippen molar-refractivity contribution in [3.8, 4) is 11.3 Å². The average Bonchev–Trinajstić information content (AvgIpc) is 2.76. The molecule has 2 amide bonds. The van der Waals surface area contributed by atoms with Crippen LogP contribution in [0.4, 0.5) is 20.2 Å². The van der Waals surface area contributed by atoms with Crippen molar-refractivity contribution in [3.05, 3.63) is 77.0 Å². The molecule has 2 aromatic carbocycles. The van der Waals surface area contributed by atoms with Crippen LogP contribution in [0.15, 0.2) is 48.7 Å². The van der Waals surface area contributed by atoms with Crippen LogP contribution in [0.2, 0.25) is 0 Å². The molecule has 1 saturated carbocycles. The lowest BCUT2D eigenvalue weighted by Crippen LogP contribution is -2.47. The van der Waals surface area contributed by atoms with Crippen LogP contribution in [0.1, 0.15) is 46.9 Å².